The molecule has 1 amide bonds. The summed E-state index contributed by atoms with van der Waals surface area (Å²) in [7, 11) is 0. The van der Waals surface area contributed by atoms with E-state index in [9.17, 15) is 4.79 Å². The molecule has 0 aliphatic heterocycles. The third-order valence-electron chi connectivity index (χ3n) is 1.60. The molecule has 1 rings (SSSR count). The van der Waals surface area contributed by atoms with Gasteiger partial charge in [-0.2, -0.15) is 0 Å². The minimum absolute atomic E-state index is 0.0828. The third kappa shape index (κ3) is 2.69. The Balaban J connectivity index is 2.91. The number of hydrogen-bond donors (Lipinski definition) is 1. The van der Waals surface area contributed by atoms with Crippen molar-refractivity contribution in [1.82, 2.24) is 9.97 Å². The van der Waals surface area contributed by atoms with Gasteiger partial charge < -0.3 is 0 Å². The number of carbonyl (C=O) groups is 1. The van der Waals surface area contributed by atoms with Gasteiger partial charge in [0.1, 0.15) is 0 Å². The first-order valence-corrected chi connectivity index (χ1v) is 5.68. The fourth-order valence-corrected chi connectivity index (χ4v) is 1.72. The molecule has 4 nitrogen and oxygen atoms in total. The van der Waals surface area contributed by atoms with Gasteiger partial charge in [-0.15, -0.1) is 0 Å². The summed E-state index contributed by atoms with van der Waals surface area (Å²) in [4.78, 5) is 19.2. The number of rotatable bonds is 2. The van der Waals surface area contributed by atoms with Gasteiger partial charge in [-0.25, -0.2) is 0 Å². The first-order chi connectivity index (χ1) is 6.52. The summed E-state index contributed by atoms with van der Waals surface area (Å²) in [6.07, 6.45) is 1.38. The molecule has 0 saturated carbocycles. The average Bonchev–Trinajstić information content (AvgIpc) is 2.11. The summed E-state index contributed by atoms with van der Waals surface area (Å²) in [5, 5.41) is 2.98. The minimum atomic E-state index is -0.0850. The Hall–Kier alpha value is -0.602. The number of hydrogen-bond acceptors (Lipinski definition) is 3. The summed E-state index contributed by atoms with van der Waals surface area (Å²) >= 11 is 7.12. The van der Waals surface area contributed by atoms with E-state index in [0.29, 0.717) is 5.69 Å². The van der Waals surface area contributed by atoms with Gasteiger partial charge >= 0.3 is 95.9 Å². The fraction of sp³-hybridized carbons (Fsp3) is 0.375. The van der Waals surface area contributed by atoms with Crippen LogP contribution in [-0.4, -0.2) is 32.7 Å². The maximum atomic E-state index is 11.4. The normalized spacial score (nSPS) is 10.4. The molecule has 1 N–H and O–H groups in total. The Kier molecular flexibility index (Phi) is 3.90. The zero-order valence-electron chi connectivity index (χ0n) is 7.91. The van der Waals surface area contributed by atoms with Crippen LogP contribution in [0.15, 0.2) is 6.33 Å². The summed E-state index contributed by atoms with van der Waals surface area (Å²) in [5.41, 5.74) is 0.521. The van der Waals surface area contributed by atoms with E-state index in [1.54, 1.807) is 0 Å². The molecule has 0 radical (unpaired) electrons. The fourth-order valence-electron chi connectivity index (χ4n) is 0.760. The van der Waals surface area contributed by atoms with E-state index in [2.05, 4.69) is 15.3 Å². The van der Waals surface area contributed by atoms with Crippen molar-refractivity contribution < 1.29 is 4.79 Å². The molecule has 0 aromatic carbocycles. The zero-order valence-corrected chi connectivity index (χ0v) is 11.1. The number of halogens is 1. The van der Waals surface area contributed by atoms with E-state index in [0.717, 1.165) is 4.48 Å². The van der Waals surface area contributed by atoms with Gasteiger partial charge in [0.15, 0.2) is 0 Å². The van der Waals surface area contributed by atoms with Crippen LogP contribution in [0.3, 0.4) is 0 Å². The van der Waals surface area contributed by atoms with Gasteiger partial charge in [0.25, 0.3) is 0 Å². The van der Waals surface area contributed by atoms with Crippen LogP contribution in [0.4, 0.5) is 5.69 Å². The van der Waals surface area contributed by atoms with Crippen molar-refractivity contribution in [2.24, 2.45) is 5.92 Å². The van der Waals surface area contributed by atoms with E-state index in [4.69, 9.17) is 11.6 Å². The molecule has 1 unspecified atom stereocenters. The molecule has 0 bridgehead atoms. The van der Waals surface area contributed by atoms with E-state index in [-0.39, 0.29) is 17.0 Å². The van der Waals surface area contributed by atoms with Crippen LogP contribution >= 0.6 is 11.6 Å². The second-order valence-electron chi connectivity index (χ2n) is 3.07. The molecule has 0 fully saturated rings. The van der Waals surface area contributed by atoms with E-state index >= 15 is 0 Å². The van der Waals surface area contributed by atoms with Crippen LogP contribution in [0.25, 0.3) is 0 Å². The first-order valence-electron chi connectivity index (χ1n) is 4.09. The van der Waals surface area contributed by atoms with Crippen molar-refractivity contribution in [1.29, 1.82) is 0 Å². The number of nitrogens with zero attached hydrogens (tertiary/aromatic N) is 2. The molecule has 76 valence electrons. The molecule has 0 spiro atoms. The number of anilines is 1. The van der Waals surface area contributed by atoms with Gasteiger partial charge in [-0.1, -0.05) is 0 Å². The van der Waals surface area contributed by atoms with Gasteiger partial charge in [0.2, 0.25) is 0 Å². The van der Waals surface area contributed by atoms with Gasteiger partial charge in [-0.3, -0.25) is 0 Å². The molecule has 1 heterocycles. The number of carbonyl (C=O) groups excluding carboxylic acids is 1. The van der Waals surface area contributed by atoms with Crippen LogP contribution in [0.5, 0.6) is 0 Å². The number of amides is 1. The van der Waals surface area contributed by atoms with Crippen LogP contribution in [0, 0.1) is 5.92 Å². The topological polar surface area (TPSA) is 54.9 Å². The molecule has 0 aliphatic rings. The predicted octanol–water partition coefficient (Wildman–Crippen LogP) is -0.0171. The van der Waals surface area contributed by atoms with Crippen molar-refractivity contribution in [2.75, 3.05) is 5.32 Å². The monoisotopic (exact) mass is 275 g/mol. The number of nitrogens with one attached hydrogen (secondary N) is 1. The van der Waals surface area contributed by atoms with Gasteiger partial charge in [0.05, 0.1) is 0 Å². The second kappa shape index (κ2) is 4.76. The molecule has 0 aliphatic carbocycles. The molecule has 1 aromatic heterocycles. The molecule has 0 saturated heterocycles. The SMILES string of the molecule is CC(C)C(=O)Nc1c(Cl)ncnc1[AsH2]. The molecule has 6 heteroatoms. The molecular formula is C8H11AsClN3O. The summed E-state index contributed by atoms with van der Waals surface area (Å²) in [6, 6.07) is 0. The Morgan fingerprint density at radius 2 is 2.21 bits per heavy atom. The molecule has 1 atom stereocenters. The van der Waals surface area contributed by atoms with Crippen LogP contribution in [0.1, 0.15) is 13.8 Å². The Morgan fingerprint density at radius 3 is 2.71 bits per heavy atom. The second-order valence-corrected chi connectivity index (χ2v) is 4.57. The van der Waals surface area contributed by atoms with Crippen LogP contribution < -0.4 is 9.80 Å². The van der Waals surface area contributed by atoms with Gasteiger partial charge in [0, 0.05) is 0 Å². The van der Waals surface area contributed by atoms with Crippen molar-refractivity contribution in [3.05, 3.63) is 11.5 Å². The quantitative estimate of drug-likeness (QED) is 0.610. The summed E-state index contributed by atoms with van der Waals surface area (Å²) in [5.74, 6) is -0.168. The standard InChI is InChI=1S/C8H11AsClN3O/c1-4(2)8(14)13-5-6(9)11-3-12-7(5)10/h3-4H,9H2,1-2H3,(H,13,14). The van der Waals surface area contributed by atoms with E-state index in [1.165, 1.54) is 23.2 Å². The average molecular weight is 276 g/mol. The van der Waals surface area contributed by atoms with Gasteiger partial charge in [-0.05, 0) is 0 Å². The molecule has 14 heavy (non-hydrogen) atoms. The summed E-state index contributed by atoms with van der Waals surface area (Å²) < 4.78 is 0.728. The summed E-state index contributed by atoms with van der Waals surface area (Å²) in [6.45, 7) is 3.63. The first kappa shape index (κ1) is 11.5. The van der Waals surface area contributed by atoms with Crippen molar-refractivity contribution >= 4 is 44.5 Å². The Labute approximate surface area is 96.0 Å². The molecular weight excluding hydrogens is 264 g/mol. The maximum absolute atomic E-state index is 11.4. The van der Waals surface area contributed by atoms with Crippen LogP contribution in [-0.2, 0) is 4.79 Å². The Morgan fingerprint density at radius 1 is 1.57 bits per heavy atom. The number of aromatic nitrogens is 2. The van der Waals surface area contributed by atoms with Crippen molar-refractivity contribution in [3.8, 4) is 0 Å². The van der Waals surface area contributed by atoms with Crippen molar-refractivity contribution in [3.63, 3.8) is 0 Å². The third-order valence-corrected chi connectivity index (χ3v) is 2.81. The molecule has 1 aromatic rings. The van der Waals surface area contributed by atoms with E-state index < -0.39 is 0 Å². The Bertz CT molecular complexity index is 336. The van der Waals surface area contributed by atoms with Crippen LogP contribution in [0.2, 0.25) is 5.15 Å². The van der Waals surface area contributed by atoms with E-state index in [1.807, 2.05) is 13.8 Å². The zero-order chi connectivity index (χ0) is 10.7. The predicted molar refractivity (Wildman–Crippen MR) is 58.7 cm³/mol. The van der Waals surface area contributed by atoms with Crippen molar-refractivity contribution in [2.45, 2.75) is 13.8 Å².